The van der Waals surface area contributed by atoms with Gasteiger partial charge in [-0.05, 0) is 44.0 Å². The number of ether oxygens (including phenoxy) is 1. The van der Waals surface area contributed by atoms with Gasteiger partial charge in [0, 0.05) is 21.8 Å². The topological polar surface area (TPSA) is 35.2 Å². The normalized spacial score (nSPS) is 24.2. The molecule has 1 heterocycles. The highest BCUT2D eigenvalue weighted by Gasteiger charge is 2.25. The molecule has 4 heteroatoms. The predicted molar refractivity (Wildman–Crippen MR) is 73.9 cm³/mol. The molecule has 1 aliphatic rings. The number of benzene rings is 1. The van der Waals surface area contributed by atoms with Crippen LogP contribution in [-0.2, 0) is 11.2 Å². The molecule has 1 fully saturated rings. The summed E-state index contributed by atoms with van der Waals surface area (Å²) < 4.78 is 5.59. The lowest BCUT2D eigenvalue weighted by atomic mass is 10.1. The van der Waals surface area contributed by atoms with Gasteiger partial charge >= 0.3 is 0 Å². The number of hydrogen-bond acceptors (Lipinski definition) is 3. The number of hydrogen-bond donors (Lipinski definition) is 1. The average molecular weight is 272 g/mol. The second kappa shape index (κ2) is 6.10. The monoisotopic (exact) mass is 271 g/mol. The highest BCUT2D eigenvalue weighted by Crippen LogP contribution is 2.35. The van der Waals surface area contributed by atoms with Gasteiger partial charge in [-0.1, -0.05) is 17.7 Å². The first-order valence-corrected chi connectivity index (χ1v) is 7.23. The van der Waals surface area contributed by atoms with Crippen LogP contribution in [0, 0.1) is 0 Å². The van der Waals surface area contributed by atoms with Crippen LogP contribution in [0.15, 0.2) is 23.1 Å². The first-order chi connectivity index (χ1) is 8.20. The molecule has 0 radical (unpaired) electrons. The summed E-state index contributed by atoms with van der Waals surface area (Å²) >= 11 is 7.94. The maximum atomic E-state index is 6.06. The molecular formula is C13H18ClNOS. The third-order valence-electron chi connectivity index (χ3n) is 3.03. The molecule has 2 rings (SSSR count). The number of halogens is 1. The van der Waals surface area contributed by atoms with Crippen LogP contribution in [0.1, 0.15) is 18.9 Å². The minimum Gasteiger partial charge on any atom is -0.377 e. The molecule has 1 aliphatic heterocycles. The van der Waals surface area contributed by atoms with Crippen molar-refractivity contribution >= 4 is 23.4 Å². The summed E-state index contributed by atoms with van der Waals surface area (Å²) in [5.41, 5.74) is 6.93. The molecule has 0 saturated carbocycles. The Balaban J connectivity index is 2.15. The van der Waals surface area contributed by atoms with E-state index in [1.54, 1.807) is 0 Å². The lowest BCUT2D eigenvalue weighted by Gasteiger charge is -2.16. The Hall–Kier alpha value is -0.220. The number of nitrogens with two attached hydrogens (primary N) is 1. The molecule has 1 saturated heterocycles. The molecule has 0 spiro atoms. The molecule has 17 heavy (non-hydrogen) atoms. The first-order valence-electron chi connectivity index (χ1n) is 5.97. The Labute approximate surface area is 112 Å². The lowest BCUT2D eigenvalue weighted by molar-refractivity contribution is 0.127. The number of rotatable bonds is 4. The van der Waals surface area contributed by atoms with E-state index in [1.807, 2.05) is 23.9 Å². The van der Waals surface area contributed by atoms with E-state index in [0.717, 1.165) is 24.5 Å². The van der Waals surface area contributed by atoms with E-state index in [2.05, 4.69) is 13.0 Å². The zero-order valence-corrected chi connectivity index (χ0v) is 11.6. The van der Waals surface area contributed by atoms with E-state index in [1.165, 1.54) is 10.5 Å². The van der Waals surface area contributed by atoms with Gasteiger partial charge in [-0.3, -0.25) is 0 Å². The summed E-state index contributed by atoms with van der Waals surface area (Å²) in [4.78, 5) is 1.25. The van der Waals surface area contributed by atoms with Gasteiger partial charge in [-0.2, -0.15) is 0 Å². The highest BCUT2D eigenvalue weighted by atomic mass is 35.5. The van der Waals surface area contributed by atoms with Gasteiger partial charge in [0.15, 0.2) is 0 Å². The van der Waals surface area contributed by atoms with Crippen LogP contribution in [0.3, 0.4) is 0 Å². The smallest absolute Gasteiger partial charge is 0.0669 e. The Morgan fingerprint density at radius 1 is 1.53 bits per heavy atom. The summed E-state index contributed by atoms with van der Waals surface area (Å²) in [6, 6.07) is 6.06. The van der Waals surface area contributed by atoms with Crippen LogP contribution in [0.4, 0.5) is 0 Å². The van der Waals surface area contributed by atoms with Crippen molar-refractivity contribution in [3.05, 3.63) is 28.8 Å². The summed E-state index contributed by atoms with van der Waals surface area (Å²) in [5, 5.41) is 1.32. The standard InChI is InChI=1S/C13H18ClNOS/c1-9-12(5-7-16-9)17-13-8-11(14)3-2-10(13)4-6-15/h2-3,8-9,12H,4-7,15H2,1H3. The largest absolute Gasteiger partial charge is 0.377 e. The van der Waals surface area contributed by atoms with E-state index in [4.69, 9.17) is 22.1 Å². The molecule has 2 atom stereocenters. The average Bonchev–Trinajstić information content (AvgIpc) is 2.69. The third kappa shape index (κ3) is 3.38. The highest BCUT2D eigenvalue weighted by molar-refractivity contribution is 8.00. The van der Waals surface area contributed by atoms with Gasteiger partial charge in [0.05, 0.1) is 6.10 Å². The van der Waals surface area contributed by atoms with Gasteiger partial charge < -0.3 is 10.5 Å². The van der Waals surface area contributed by atoms with Gasteiger partial charge in [-0.15, -0.1) is 11.8 Å². The Morgan fingerprint density at radius 2 is 2.35 bits per heavy atom. The molecule has 1 aromatic rings. The van der Waals surface area contributed by atoms with Crippen molar-refractivity contribution in [2.24, 2.45) is 5.73 Å². The van der Waals surface area contributed by atoms with Gasteiger partial charge in [0.1, 0.15) is 0 Å². The van der Waals surface area contributed by atoms with Gasteiger partial charge in [0.2, 0.25) is 0 Å². The molecule has 0 aromatic heterocycles. The van der Waals surface area contributed by atoms with Crippen LogP contribution in [0.2, 0.25) is 5.02 Å². The summed E-state index contributed by atoms with van der Waals surface area (Å²) in [6.07, 6.45) is 2.34. The van der Waals surface area contributed by atoms with Crippen molar-refractivity contribution in [1.82, 2.24) is 0 Å². The second-order valence-corrected chi connectivity index (χ2v) is 6.03. The van der Waals surface area contributed by atoms with Crippen LogP contribution in [-0.4, -0.2) is 24.5 Å². The fraction of sp³-hybridized carbons (Fsp3) is 0.538. The van der Waals surface area contributed by atoms with E-state index < -0.39 is 0 Å². The first kappa shape index (κ1) is 13.2. The van der Waals surface area contributed by atoms with Crippen LogP contribution >= 0.6 is 23.4 Å². The van der Waals surface area contributed by atoms with Crippen LogP contribution < -0.4 is 5.73 Å². The molecule has 0 amide bonds. The third-order valence-corrected chi connectivity index (χ3v) is 4.82. The zero-order chi connectivity index (χ0) is 12.3. The second-order valence-electron chi connectivity index (χ2n) is 4.31. The number of thioether (sulfide) groups is 1. The molecule has 1 aromatic carbocycles. The molecule has 94 valence electrons. The summed E-state index contributed by atoms with van der Waals surface area (Å²) in [7, 11) is 0. The molecular weight excluding hydrogens is 254 g/mol. The molecule has 0 bridgehead atoms. The molecule has 2 nitrogen and oxygen atoms in total. The maximum absolute atomic E-state index is 6.06. The maximum Gasteiger partial charge on any atom is 0.0669 e. The molecule has 2 unspecified atom stereocenters. The Morgan fingerprint density at radius 3 is 3.00 bits per heavy atom. The van der Waals surface area contributed by atoms with E-state index >= 15 is 0 Å². The fourth-order valence-electron chi connectivity index (χ4n) is 2.03. The van der Waals surface area contributed by atoms with Crippen molar-refractivity contribution < 1.29 is 4.74 Å². The van der Waals surface area contributed by atoms with Crippen LogP contribution in [0.5, 0.6) is 0 Å². The predicted octanol–water partition coefficient (Wildman–Crippen LogP) is 3.11. The van der Waals surface area contributed by atoms with E-state index in [0.29, 0.717) is 17.9 Å². The Kier molecular flexibility index (Phi) is 4.74. The van der Waals surface area contributed by atoms with E-state index in [-0.39, 0.29) is 0 Å². The van der Waals surface area contributed by atoms with Crippen LogP contribution in [0.25, 0.3) is 0 Å². The SMILES string of the molecule is CC1OCCC1Sc1cc(Cl)ccc1CCN. The quantitative estimate of drug-likeness (QED) is 0.914. The zero-order valence-electron chi connectivity index (χ0n) is 9.99. The van der Waals surface area contributed by atoms with Crippen molar-refractivity contribution in [3.8, 4) is 0 Å². The van der Waals surface area contributed by atoms with Crippen molar-refractivity contribution in [2.75, 3.05) is 13.2 Å². The summed E-state index contributed by atoms with van der Waals surface area (Å²) in [5.74, 6) is 0. The summed E-state index contributed by atoms with van der Waals surface area (Å²) in [6.45, 7) is 3.68. The van der Waals surface area contributed by atoms with Crippen molar-refractivity contribution in [3.63, 3.8) is 0 Å². The Bertz CT molecular complexity index is 386. The lowest BCUT2D eigenvalue weighted by Crippen LogP contribution is -2.13. The van der Waals surface area contributed by atoms with Crippen molar-refractivity contribution in [1.29, 1.82) is 0 Å². The van der Waals surface area contributed by atoms with Gasteiger partial charge in [-0.25, -0.2) is 0 Å². The van der Waals surface area contributed by atoms with E-state index in [9.17, 15) is 0 Å². The molecule has 2 N–H and O–H groups in total. The minimum absolute atomic E-state index is 0.324. The van der Waals surface area contributed by atoms with Gasteiger partial charge in [0.25, 0.3) is 0 Å². The fourth-order valence-corrected chi connectivity index (χ4v) is 3.59. The van der Waals surface area contributed by atoms with Crippen molar-refractivity contribution in [2.45, 2.75) is 36.0 Å². The molecule has 0 aliphatic carbocycles. The minimum atomic E-state index is 0.324.